The fourth-order valence-electron chi connectivity index (χ4n) is 4.02. The van der Waals surface area contributed by atoms with Gasteiger partial charge in [0.25, 0.3) is 10.0 Å². The van der Waals surface area contributed by atoms with Crippen LogP contribution in [0.25, 0.3) is 10.9 Å². The summed E-state index contributed by atoms with van der Waals surface area (Å²) in [5.41, 5.74) is 2.02. The lowest BCUT2D eigenvalue weighted by atomic mass is 10.2. The molecule has 9 nitrogen and oxygen atoms in total. The fourth-order valence-corrected chi connectivity index (χ4v) is 5.64. The van der Waals surface area contributed by atoms with Gasteiger partial charge in [-0.3, -0.25) is 9.29 Å². The molecular formula is C23H23F3N4O5S. The smallest absolute Gasteiger partial charge is 0.487 e. The summed E-state index contributed by atoms with van der Waals surface area (Å²) in [7, 11) is -3.79. The topological polar surface area (TPSA) is 112 Å². The number of halogens is 3. The minimum atomic E-state index is -5.08. The van der Waals surface area contributed by atoms with Gasteiger partial charge in [0.2, 0.25) is 0 Å². The lowest BCUT2D eigenvalue weighted by molar-refractivity contribution is -0.192. The Balaban J connectivity index is 0.000000384. The largest absolute Gasteiger partial charge is 0.490 e. The Morgan fingerprint density at radius 3 is 2.33 bits per heavy atom. The Labute approximate surface area is 205 Å². The number of nitrogens with zero attached hydrogens (tertiary/aromatic N) is 3. The molecule has 2 aromatic carbocycles. The van der Waals surface area contributed by atoms with E-state index in [1.54, 1.807) is 18.3 Å². The predicted octanol–water partition coefficient (Wildman–Crippen LogP) is 2.87. The number of aliphatic carboxylic acids is 1. The number of ether oxygens (including phenoxy) is 1. The minimum absolute atomic E-state index is 0.219. The van der Waals surface area contributed by atoms with Gasteiger partial charge in [0, 0.05) is 37.8 Å². The highest BCUT2D eigenvalue weighted by Gasteiger charge is 2.38. The molecule has 3 heterocycles. The number of anilines is 2. The average molecular weight is 525 g/mol. The molecular weight excluding hydrogens is 501 g/mol. The highest BCUT2D eigenvalue weighted by Crippen LogP contribution is 2.42. The zero-order valence-corrected chi connectivity index (χ0v) is 19.7. The van der Waals surface area contributed by atoms with Crippen molar-refractivity contribution in [1.82, 2.24) is 10.3 Å². The third-order valence-electron chi connectivity index (χ3n) is 5.65. The van der Waals surface area contributed by atoms with Crippen molar-refractivity contribution in [3.63, 3.8) is 0 Å². The van der Waals surface area contributed by atoms with Crippen molar-refractivity contribution in [2.75, 3.05) is 48.5 Å². The number of para-hydroxylation sites is 2. The molecule has 2 N–H and O–H groups in total. The fraction of sp³-hybridized carbons (Fsp3) is 0.304. The molecule has 13 heteroatoms. The van der Waals surface area contributed by atoms with E-state index in [0.29, 0.717) is 23.6 Å². The first kappa shape index (κ1) is 25.5. The normalized spacial score (nSPS) is 16.0. The van der Waals surface area contributed by atoms with Crippen LogP contribution in [0, 0.1) is 0 Å². The first-order chi connectivity index (χ1) is 17.1. The van der Waals surface area contributed by atoms with Crippen molar-refractivity contribution < 1.29 is 36.2 Å². The van der Waals surface area contributed by atoms with Gasteiger partial charge >= 0.3 is 12.1 Å². The van der Waals surface area contributed by atoms with Crippen LogP contribution in [0.2, 0.25) is 0 Å². The number of rotatable bonds is 3. The maximum Gasteiger partial charge on any atom is 0.490 e. The number of carbonyl (C=O) groups is 1. The van der Waals surface area contributed by atoms with Crippen molar-refractivity contribution in [2.24, 2.45) is 0 Å². The van der Waals surface area contributed by atoms with Crippen molar-refractivity contribution in [1.29, 1.82) is 0 Å². The molecule has 1 saturated heterocycles. The maximum absolute atomic E-state index is 13.7. The summed E-state index contributed by atoms with van der Waals surface area (Å²) in [5.74, 6) is -2.12. The number of piperazine rings is 1. The number of fused-ring (bicyclic) bond motifs is 2. The van der Waals surface area contributed by atoms with Crippen LogP contribution in [-0.2, 0) is 14.8 Å². The molecule has 0 unspecified atom stereocenters. The SMILES string of the molecule is O=C(O)C(F)(F)F.O=S(=O)(c1cccc2cccnc12)N1CCOc2c(N3CCNCC3)cccc21. The first-order valence-corrected chi connectivity index (χ1v) is 12.4. The Kier molecular flexibility index (Phi) is 7.22. The minimum Gasteiger partial charge on any atom is -0.487 e. The van der Waals surface area contributed by atoms with E-state index >= 15 is 0 Å². The predicted molar refractivity (Wildman–Crippen MR) is 127 cm³/mol. The summed E-state index contributed by atoms with van der Waals surface area (Å²) in [6, 6.07) is 14.6. The van der Waals surface area contributed by atoms with Crippen LogP contribution in [0.4, 0.5) is 24.5 Å². The van der Waals surface area contributed by atoms with Gasteiger partial charge in [-0.25, -0.2) is 13.2 Å². The van der Waals surface area contributed by atoms with Crippen molar-refractivity contribution >= 4 is 38.3 Å². The highest BCUT2D eigenvalue weighted by atomic mass is 32.2. The third-order valence-corrected chi connectivity index (χ3v) is 7.49. The van der Waals surface area contributed by atoms with E-state index in [0.717, 1.165) is 37.3 Å². The summed E-state index contributed by atoms with van der Waals surface area (Å²) in [6.07, 6.45) is -3.46. The van der Waals surface area contributed by atoms with Gasteiger partial charge in [-0.1, -0.05) is 24.3 Å². The van der Waals surface area contributed by atoms with Gasteiger partial charge in [0.05, 0.1) is 23.4 Å². The number of aromatic nitrogens is 1. The molecule has 2 aliphatic heterocycles. The molecule has 1 aromatic heterocycles. The highest BCUT2D eigenvalue weighted by molar-refractivity contribution is 7.93. The molecule has 0 atom stereocenters. The van der Waals surface area contributed by atoms with Crippen LogP contribution in [0.3, 0.4) is 0 Å². The number of nitrogens with one attached hydrogen (secondary N) is 1. The molecule has 5 rings (SSSR count). The molecule has 0 amide bonds. The number of hydrogen-bond acceptors (Lipinski definition) is 7. The van der Waals surface area contributed by atoms with Crippen molar-refractivity contribution in [3.05, 3.63) is 54.7 Å². The molecule has 36 heavy (non-hydrogen) atoms. The molecule has 0 aliphatic carbocycles. The number of hydrogen-bond donors (Lipinski definition) is 2. The van der Waals surface area contributed by atoms with Gasteiger partial charge in [0.1, 0.15) is 11.5 Å². The molecule has 0 radical (unpaired) electrons. The van der Waals surface area contributed by atoms with Crippen LogP contribution in [-0.4, -0.2) is 70.0 Å². The van der Waals surface area contributed by atoms with E-state index in [4.69, 9.17) is 14.6 Å². The van der Waals surface area contributed by atoms with E-state index in [1.165, 1.54) is 4.31 Å². The van der Waals surface area contributed by atoms with Crippen LogP contribution in [0.15, 0.2) is 59.6 Å². The average Bonchev–Trinajstić information content (AvgIpc) is 2.88. The molecule has 1 fully saturated rings. The third kappa shape index (κ3) is 5.16. The summed E-state index contributed by atoms with van der Waals surface area (Å²) < 4.78 is 66.5. The first-order valence-electron chi connectivity index (χ1n) is 11.0. The van der Waals surface area contributed by atoms with Gasteiger partial charge in [-0.2, -0.15) is 13.2 Å². The van der Waals surface area contributed by atoms with Gasteiger partial charge in [0.15, 0.2) is 5.75 Å². The lowest BCUT2D eigenvalue weighted by Crippen LogP contribution is -2.44. The van der Waals surface area contributed by atoms with Gasteiger partial charge < -0.3 is 20.1 Å². The molecule has 0 bridgehead atoms. The number of sulfonamides is 1. The van der Waals surface area contributed by atoms with Crippen LogP contribution in [0.5, 0.6) is 5.75 Å². The Morgan fingerprint density at radius 1 is 1.00 bits per heavy atom. The van der Waals surface area contributed by atoms with Crippen molar-refractivity contribution in [2.45, 2.75) is 11.1 Å². The van der Waals surface area contributed by atoms with Crippen LogP contribution >= 0.6 is 0 Å². The number of carboxylic acids is 1. The summed E-state index contributed by atoms with van der Waals surface area (Å²) in [4.78, 5) is 15.7. The van der Waals surface area contributed by atoms with Gasteiger partial charge in [-0.05, 0) is 24.3 Å². The second-order valence-corrected chi connectivity index (χ2v) is 9.75. The van der Waals surface area contributed by atoms with Crippen LogP contribution in [0.1, 0.15) is 0 Å². The Hall–Kier alpha value is -3.58. The molecule has 0 saturated carbocycles. The van der Waals surface area contributed by atoms with Crippen molar-refractivity contribution in [3.8, 4) is 5.75 Å². The lowest BCUT2D eigenvalue weighted by Gasteiger charge is -2.36. The second-order valence-electron chi connectivity index (χ2n) is 7.92. The number of benzene rings is 2. The molecule has 2 aliphatic rings. The monoisotopic (exact) mass is 524 g/mol. The van der Waals surface area contributed by atoms with Crippen LogP contribution < -0.4 is 19.3 Å². The van der Waals surface area contributed by atoms with E-state index < -0.39 is 22.2 Å². The second kappa shape index (κ2) is 10.2. The van der Waals surface area contributed by atoms with Gasteiger partial charge in [-0.15, -0.1) is 0 Å². The molecule has 192 valence electrons. The summed E-state index contributed by atoms with van der Waals surface area (Å²) in [6.45, 7) is 4.09. The van der Waals surface area contributed by atoms with E-state index in [1.807, 2.05) is 36.4 Å². The zero-order chi connectivity index (χ0) is 25.9. The van der Waals surface area contributed by atoms with E-state index in [2.05, 4.69) is 15.2 Å². The number of carboxylic acid groups (broad SMARTS) is 1. The van der Waals surface area contributed by atoms with E-state index in [9.17, 15) is 21.6 Å². The zero-order valence-electron chi connectivity index (χ0n) is 18.9. The standard InChI is InChI=1S/C21H22N4O3S.C2HF3O2/c26-29(27,19-8-1-4-16-5-3-9-23-20(16)19)25-14-15-28-21-17(6-2-7-18(21)25)24-12-10-22-11-13-24;3-2(4,5)1(6)7/h1-9,22H,10-15H2;(H,6,7). The summed E-state index contributed by atoms with van der Waals surface area (Å²) >= 11 is 0. The van der Waals surface area contributed by atoms with E-state index in [-0.39, 0.29) is 11.4 Å². The molecule has 3 aromatic rings. The Bertz CT molecular complexity index is 1360. The Morgan fingerprint density at radius 2 is 1.64 bits per heavy atom. The quantitative estimate of drug-likeness (QED) is 0.538. The summed E-state index contributed by atoms with van der Waals surface area (Å²) in [5, 5.41) is 11.3. The molecule has 0 spiro atoms. The number of pyridine rings is 1. The maximum atomic E-state index is 13.7. The number of alkyl halides is 3.